The van der Waals surface area contributed by atoms with Crippen molar-refractivity contribution in [2.45, 2.75) is 24.8 Å². The maximum Gasteiger partial charge on any atom is 0.252 e. The Morgan fingerprint density at radius 1 is 1.25 bits per heavy atom. The van der Waals surface area contributed by atoms with Crippen LogP contribution in [0, 0.1) is 11.6 Å². The third kappa shape index (κ3) is 5.88. The van der Waals surface area contributed by atoms with Crippen molar-refractivity contribution in [2.75, 3.05) is 25.5 Å². The molecule has 4 rings (SSSR count). The van der Waals surface area contributed by atoms with E-state index >= 15 is 0 Å². The number of anilines is 1. The molecule has 1 fully saturated rings. The summed E-state index contributed by atoms with van der Waals surface area (Å²) in [6.07, 6.45) is 3.09. The first-order chi connectivity index (χ1) is 17.4. The molecule has 36 heavy (non-hydrogen) atoms. The van der Waals surface area contributed by atoms with Gasteiger partial charge in [-0.05, 0) is 60.3 Å². The average molecular weight is 514 g/mol. The van der Waals surface area contributed by atoms with Crippen molar-refractivity contribution in [3.05, 3.63) is 86.5 Å². The van der Waals surface area contributed by atoms with Crippen LogP contribution in [0.15, 0.2) is 47.7 Å². The van der Waals surface area contributed by atoms with Gasteiger partial charge < -0.3 is 15.8 Å². The molecule has 2 aromatic carbocycles. The van der Waals surface area contributed by atoms with Crippen molar-refractivity contribution in [2.24, 2.45) is 5.11 Å². The number of rotatable bonds is 7. The summed E-state index contributed by atoms with van der Waals surface area (Å²) >= 11 is 5.97. The molecule has 1 amide bonds. The van der Waals surface area contributed by atoms with Gasteiger partial charge in [0.15, 0.2) is 0 Å². The lowest BCUT2D eigenvalue weighted by atomic mass is 9.96. The van der Waals surface area contributed by atoms with Gasteiger partial charge in [-0.2, -0.15) is 0 Å². The average Bonchev–Trinajstić information content (AvgIpc) is 2.86. The summed E-state index contributed by atoms with van der Waals surface area (Å²) in [5.41, 5.74) is 16.2. The summed E-state index contributed by atoms with van der Waals surface area (Å²) in [6, 6.07) is 6.42. The van der Waals surface area contributed by atoms with E-state index in [9.17, 15) is 13.6 Å². The number of nitrogens with two attached hydrogens (primary N) is 1. The Kier molecular flexibility index (Phi) is 7.94. The van der Waals surface area contributed by atoms with Crippen molar-refractivity contribution in [1.82, 2.24) is 15.3 Å². The molecule has 0 aliphatic carbocycles. The highest BCUT2D eigenvalue weighted by Gasteiger charge is 2.24. The van der Waals surface area contributed by atoms with Gasteiger partial charge in [-0.15, -0.1) is 0 Å². The Morgan fingerprint density at radius 2 is 2.03 bits per heavy atom. The summed E-state index contributed by atoms with van der Waals surface area (Å²) in [5.74, 6) is -1.72. The van der Waals surface area contributed by atoms with E-state index in [0.717, 1.165) is 31.0 Å². The van der Waals surface area contributed by atoms with Crippen molar-refractivity contribution in [3.63, 3.8) is 0 Å². The van der Waals surface area contributed by atoms with Gasteiger partial charge in [-0.3, -0.25) is 4.79 Å². The van der Waals surface area contributed by atoms with Crippen molar-refractivity contribution < 1.29 is 18.3 Å². The van der Waals surface area contributed by atoms with E-state index in [1.54, 1.807) is 6.20 Å². The molecule has 1 unspecified atom stereocenters. The highest BCUT2D eigenvalue weighted by atomic mass is 35.5. The van der Waals surface area contributed by atoms with Crippen LogP contribution in [0.1, 0.15) is 46.4 Å². The number of nitrogens with one attached hydrogen (secondary N) is 1. The topological polar surface area (TPSA) is 139 Å². The van der Waals surface area contributed by atoms with Gasteiger partial charge in [0.25, 0.3) is 5.91 Å². The summed E-state index contributed by atoms with van der Waals surface area (Å²) in [7, 11) is 0. The second-order valence-corrected chi connectivity index (χ2v) is 8.68. The van der Waals surface area contributed by atoms with Crippen LogP contribution in [0.2, 0.25) is 5.02 Å². The third-order valence-electron chi connectivity index (χ3n) is 5.86. The molecule has 3 aromatic rings. The van der Waals surface area contributed by atoms with Gasteiger partial charge in [-0.25, -0.2) is 18.7 Å². The minimum absolute atomic E-state index is 0.0352. The van der Waals surface area contributed by atoms with Crippen LogP contribution in [0.3, 0.4) is 0 Å². The van der Waals surface area contributed by atoms with E-state index in [4.69, 9.17) is 27.6 Å². The molecule has 0 saturated carbocycles. The quantitative estimate of drug-likeness (QED) is 0.249. The molecule has 0 radical (unpaired) electrons. The molecule has 3 N–H and O–H groups in total. The van der Waals surface area contributed by atoms with E-state index in [0.29, 0.717) is 24.5 Å². The van der Waals surface area contributed by atoms with Crippen LogP contribution in [-0.4, -0.2) is 35.6 Å². The molecule has 1 atom stereocenters. The molecule has 9 nitrogen and oxygen atoms in total. The first-order valence-corrected chi connectivity index (χ1v) is 11.5. The lowest BCUT2D eigenvalue weighted by Crippen LogP contribution is -2.31. The number of halogens is 3. The van der Waals surface area contributed by atoms with Gasteiger partial charge in [-0.1, -0.05) is 16.7 Å². The number of carbonyl (C=O) groups excluding carboxylic acids is 1. The van der Waals surface area contributed by atoms with E-state index in [2.05, 4.69) is 25.3 Å². The number of carbonyl (C=O) groups is 1. The minimum Gasteiger partial charge on any atom is -0.382 e. The Morgan fingerprint density at radius 3 is 2.75 bits per heavy atom. The van der Waals surface area contributed by atoms with Crippen LogP contribution < -0.4 is 11.1 Å². The van der Waals surface area contributed by atoms with Gasteiger partial charge in [0.1, 0.15) is 23.1 Å². The summed E-state index contributed by atoms with van der Waals surface area (Å²) in [6.45, 7) is 0.979. The van der Waals surface area contributed by atoms with Gasteiger partial charge in [0, 0.05) is 40.2 Å². The van der Waals surface area contributed by atoms with Crippen molar-refractivity contribution in [1.29, 1.82) is 0 Å². The predicted molar refractivity (Wildman–Crippen MR) is 130 cm³/mol. The number of hydrogen-bond acceptors (Lipinski definition) is 6. The summed E-state index contributed by atoms with van der Waals surface area (Å²) < 4.78 is 33.7. The van der Waals surface area contributed by atoms with Crippen molar-refractivity contribution in [3.8, 4) is 11.3 Å². The highest BCUT2D eigenvalue weighted by molar-refractivity contribution is 6.30. The Bertz CT molecular complexity index is 1310. The van der Waals surface area contributed by atoms with Crippen LogP contribution in [-0.2, 0) is 4.74 Å². The predicted octanol–water partition coefficient (Wildman–Crippen LogP) is 5.33. The van der Waals surface area contributed by atoms with Crippen LogP contribution in [0.25, 0.3) is 21.7 Å². The fourth-order valence-electron chi connectivity index (χ4n) is 4.08. The zero-order valence-corrected chi connectivity index (χ0v) is 19.8. The van der Waals surface area contributed by atoms with Gasteiger partial charge in [0.05, 0.1) is 24.5 Å². The molecule has 12 heteroatoms. The fourth-order valence-corrected chi connectivity index (χ4v) is 4.31. The summed E-state index contributed by atoms with van der Waals surface area (Å²) in [5, 5.41) is 6.34. The van der Waals surface area contributed by atoms with E-state index in [1.807, 2.05) is 0 Å². The molecule has 1 aliphatic heterocycles. The zero-order chi connectivity index (χ0) is 25.7. The van der Waals surface area contributed by atoms with E-state index < -0.39 is 23.6 Å². The number of benzene rings is 2. The Labute approximate surface area is 210 Å². The Hall–Kier alpha value is -3.79. The van der Waals surface area contributed by atoms with Gasteiger partial charge in [0.2, 0.25) is 0 Å². The first-order valence-electron chi connectivity index (χ1n) is 11.1. The molecule has 0 bridgehead atoms. The molecule has 1 aromatic heterocycles. The molecule has 0 spiro atoms. The van der Waals surface area contributed by atoms with Crippen LogP contribution in [0.5, 0.6) is 0 Å². The fraction of sp³-hybridized carbons (Fsp3) is 0.292. The van der Waals surface area contributed by atoms with Crippen molar-refractivity contribution >= 4 is 23.3 Å². The first kappa shape index (κ1) is 25.3. The number of nitrogen functional groups attached to an aromatic ring is 1. The van der Waals surface area contributed by atoms with E-state index in [-0.39, 0.29) is 40.1 Å². The number of aromatic nitrogens is 2. The lowest BCUT2D eigenvalue weighted by Gasteiger charge is -2.22. The zero-order valence-electron chi connectivity index (χ0n) is 19.0. The van der Waals surface area contributed by atoms with E-state index in [1.165, 1.54) is 18.2 Å². The highest BCUT2D eigenvalue weighted by Crippen LogP contribution is 2.32. The minimum atomic E-state index is -0.906. The number of amides is 1. The van der Waals surface area contributed by atoms with Crippen LogP contribution in [0.4, 0.5) is 14.6 Å². The standard InChI is InChI=1S/C24H22ClF2N7O2/c25-15-7-14(8-17(27)9-15)21(12-31-34-29)33-24(35)18-2-1-16(26)10-19(18)22-23(28)30-11-20(32-22)13-3-5-36-6-4-13/h1-2,7-11,13,21H,3-6,12H2,(H2,28,30)(H,33,35). The largest absolute Gasteiger partial charge is 0.382 e. The molecule has 1 saturated heterocycles. The number of ether oxygens (including phenoxy) is 1. The molecule has 186 valence electrons. The molecule has 2 heterocycles. The number of hydrogen-bond donors (Lipinski definition) is 2. The third-order valence-corrected chi connectivity index (χ3v) is 6.08. The monoisotopic (exact) mass is 513 g/mol. The molecular formula is C24H22ClF2N7O2. The maximum atomic E-state index is 14.3. The maximum absolute atomic E-state index is 14.3. The molecular weight excluding hydrogens is 492 g/mol. The normalized spacial score (nSPS) is 14.6. The van der Waals surface area contributed by atoms with Crippen LogP contribution >= 0.6 is 11.6 Å². The summed E-state index contributed by atoms with van der Waals surface area (Å²) in [4.78, 5) is 25.0. The Balaban J connectivity index is 1.71. The molecule has 1 aliphatic rings. The number of nitrogens with zero attached hydrogens (tertiary/aromatic N) is 5. The van der Waals surface area contributed by atoms with Gasteiger partial charge >= 0.3 is 0 Å². The lowest BCUT2D eigenvalue weighted by molar-refractivity contribution is 0.0844. The SMILES string of the molecule is [N-]=[N+]=NCC(NC(=O)c1ccc(F)cc1-c1nc(C2CCOCC2)cnc1N)c1cc(F)cc(Cl)c1. The smallest absolute Gasteiger partial charge is 0.252 e. The second-order valence-electron chi connectivity index (χ2n) is 8.25. The number of azide groups is 1. The second kappa shape index (κ2) is 11.3.